The Hall–Kier alpha value is -0.410. The summed E-state index contributed by atoms with van der Waals surface area (Å²) in [6.07, 6.45) is 9.42. The van der Waals surface area contributed by atoms with Crippen LogP contribution in [-0.2, 0) is 4.79 Å². The minimum Gasteiger partial charge on any atom is -0.389 e. The number of hydrogen-bond donors (Lipinski definition) is 1. The molecule has 0 aromatic carbocycles. The molecule has 1 atom stereocenters. The number of ketones is 1. The van der Waals surface area contributed by atoms with Crippen LogP contribution in [0.3, 0.4) is 0 Å². The lowest BCUT2D eigenvalue weighted by Gasteiger charge is -2.30. The molecule has 2 aliphatic carbocycles. The zero-order valence-corrected chi connectivity index (χ0v) is 11.7. The maximum absolute atomic E-state index is 12.0. The number of hydrogen-bond acceptors (Lipinski definition) is 3. The summed E-state index contributed by atoms with van der Waals surface area (Å²) in [4.78, 5) is 14.2. The average Bonchev–Trinajstić information content (AvgIpc) is 2.63. The molecule has 2 rings (SSSR count). The van der Waals surface area contributed by atoms with Gasteiger partial charge >= 0.3 is 0 Å². The van der Waals surface area contributed by atoms with Crippen LogP contribution in [0.1, 0.15) is 57.8 Å². The molecule has 0 aromatic heterocycles. The number of carbonyl (C=O) groups excluding carboxylic acids is 1. The van der Waals surface area contributed by atoms with Crippen molar-refractivity contribution in [2.75, 3.05) is 20.1 Å². The normalized spacial score (nSPS) is 28.6. The molecule has 0 aliphatic heterocycles. The van der Waals surface area contributed by atoms with E-state index < -0.39 is 5.60 Å². The number of aliphatic hydroxyl groups is 1. The lowest BCUT2D eigenvalue weighted by Crippen LogP contribution is -2.42. The van der Waals surface area contributed by atoms with Gasteiger partial charge in [0.1, 0.15) is 5.78 Å². The van der Waals surface area contributed by atoms with Gasteiger partial charge in [0.25, 0.3) is 0 Å². The van der Waals surface area contributed by atoms with Crippen LogP contribution in [-0.4, -0.2) is 41.5 Å². The molecule has 0 saturated heterocycles. The second-order valence-electron chi connectivity index (χ2n) is 6.39. The van der Waals surface area contributed by atoms with Gasteiger partial charge in [-0.25, -0.2) is 0 Å². The van der Waals surface area contributed by atoms with E-state index in [-0.39, 0.29) is 5.92 Å². The van der Waals surface area contributed by atoms with Crippen molar-refractivity contribution >= 4 is 5.78 Å². The SMILES string of the molecule is CN(CC1CCCCCC1=O)CC1(O)CCCC1. The smallest absolute Gasteiger partial charge is 0.137 e. The molecule has 0 spiro atoms. The molecule has 0 amide bonds. The summed E-state index contributed by atoms with van der Waals surface area (Å²) in [5, 5.41) is 10.4. The molecule has 2 saturated carbocycles. The van der Waals surface area contributed by atoms with Gasteiger partial charge < -0.3 is 10.0 Å². The molecule has 1 unspecified atom stereocenters. The first-order valence-corrected chi connectivity index (χ1v) is 7.53. The summed E-state index contributed by atoms with van der Waals surface area (Å²) in [6.45, 7) is 1.57. The maximum Gasteiger partial charge on any atom is 0.137 e. The summed E-state index contributed by atoms with van der Waals surface area (Å²) in [5.74, 6) is 0.653. The van der Waals surface area contributed by atoms with Gasteiger partial charge in [0.2, 0.25) is 0 Å². The zero-order chi connectivity index (χ0) is 13.0. The molecule has 1 N–H and O–H groups in total. The third-order valence-corrected chi connectivity index (χ3v) is 4.56. The number of carbonyl (C=O) groups is 1. The summed E-state index contributed by atoms with van der Waals surface area (Å²) in [7, 11) is 2.05. The van der Waals surface area contributed by atoms with Crippen LogP contribution in [0.4, 0.5) is 0 Å². The predicted octanol–water partition coefficient (Wildman–Crippen LogP) is 2.37. The molecule has 18 heavy (non-hydrogen) atoms. The Labute approximate surface area is 111 Å². The van der Waals surface area contributed by atoms with Crippen molar-refractivity contribution in [1.29, 1.82) is 0 Å². The molecule has 0 radical (unpaired) electrons. The third-order valence-electron chi connectivity index (χ3n) is 4.56. The van der Waals surface area contributed by atoms with E-state index in [1.54, 1.807) is 0 Å². The number of nitrogens with zero attached hydrogens (tertiary/aromatic N) is 1. The summed E-state index contributed by atoms with van der Waals surface area (Å²) in [6, 6.07) is 0. The van der Waals surface area contributed by atoms with Crippen molar-refractivity contribution in [2.45, 2.75) is 63.4 Å². The highest BCUT2D eigenvalue weighted by atomic mass is 16.3. The molecule has 2 fully saturated rings. The lowest BCUT2D eigenvalue weighted by atomic mass is 9.96. The average molecular weight is 253 g/mol. The highest BCUT2D eigenvalue weighted by Gasteiger charge is 2.33. The van der Waals surface area contributed by atoms with Crippen molar-refractivity contribution in [3.05, 3.63) is 0 Å². The van der Waals surface area contributed by atoms with Gasteiger partial charge in [-0.3, -0.25) is 4.79 Å². The van der Waals surface area contributed by atoms with Gasteiger partial charge in [-0.15, -0.1) is 0 Å². The van der Waals surface area contributed by atoms with E-state index >= 15 is 0 Å². The summed E-state index contributed by atoms with van der Waals surface area (Å²) in [5.41, 5.74) is -0.484. The van der Waals surface area contributed by atoms with Crippen LogP contribution in [0.2, 0.25) is 0 Å². The first kappa shape index (κ1) is 14.0. The molecule has 3 nitrogen and oxygen atoms in total. The van der Waals surface area contributed by atoms with Crippen molar-refractivity contribution in [3.8, 4) is 0 Å². The Morgan fingerprint density at radius 3 is 2.67 bits per heavy atom. The second kappa shape index (κ2) is 6.16. The fourth-order valence-corrected chi connectivity index (χ4v) is 3.56. The van der Waals surface area contributed by atoms with Gasteiger partial charge in [-0.05, 0) is 32.7 Å². The third kappa shape index (κ3) is 3.79. The Morgan fingerprint density at radius 1 is 1.22 bits per heavy atom. The fraction of sp³-hybridized carbons (Fsp3) is 0.933. The van der Waals surface area contributed by atoms with Crippen molar-refractivity contribution in [3.63, 3.8) is 0 Å². The van der Waals surface area contributed by atoms with Gasteiger partial charge in [-0.1, -0.05) is 25.7 Å². The van der Waals surface area contributed by atoms with Crippen LogP contribution < -0.4 is 0 Å². The standard InChI is InChI=1S/C15H27NO2/c1-16(12-15(18)9-5-6-10-15)11-13-7-3-2-4-8-14(13)17/h13,18H,2-12H2,1H3. The Kier molecular flexibility index (Phi) is 4.79. The number of rotatable bonds is 4. The first-order chi connectivity index (χ1) is 8.59. The van der Waals surface area contributed by atoms with Crippen molar-refractivity contribution < 1.29 is 9.90 Å². The first-order valence-electron chi connectivity index (χ1n) is 7.53. The molecule has 104 valence electrons. The zero-order valence-electron chi connectivity index (χ0n) is 11.7. The van der Waals surface area contributed by atoms with E-state index in [2.05, 4.69) is 11.9 Å². The summed E-state index contributed by atoms with van der Waals surface area (Å²) < 4.78 is 0. The van der Waals surface area contributed by atoms with Crippen molar-refractivity contribution in [1.82, 2.24) is 4.90 Å². The van der Waals surface area contributed by atoms with E-state index in [1.807, 2.05) is 0 Å². The van der Waals surface area contributed by atoms with E-state index in [9.17, 15) is 9.90 Å². The van der Waals surface area contributed by atoms with Crippen molar-refractivity contribution in [2.24, 2.45) is 5.92 Å². The lowest BCUT2D eigenvalue weighted by molar-refractivity contribution is -0.123. The fourth-order valence-electron chi connectivity index (χ4n) is 3.56. The van der Waals surface area contributed by atoms with Gasteiger partial charge in [-0.2, -0.15) is 0 Å². The van der Waals surface area contributed by atoms with Gasteiger partial charge in [0.05, 0.1) is 5.60 Å². The number of likely N-dealkylation sites (N-methyl/N-ethyl adjacent to an activating group) is 1. The van der Waals surface area contributed by atoms with Gasteiger partial charge in [0.15, 0.2) is 0 Å². The summed E-state index contributed by atoms with van der Waals surface area (Å²) >= 11 is 0. The Morgan fingerprint density at radius 2 is 1.94 bits per heavy atom. The molecular formula is C15H27NO2. The molecule has 0 bridgehead atoms. The van der Waals surface area contributed by atoms with Gasteiger partial charge in [0, 0.05) is 25.4 Å². The largest absolute Gasteiger partial charge is 0.389 e. The topological polar surface area (TPSA) is 40.5 Å². The number of Topliss-reactive ketones (excluding diaryl/α,β-unsaturated/α-hetero) is 1. The maximum atomic E-state index is 12.0. The quantitative estimate of drug-likeness (QED) is 0.782. The van der Waals surface area contributed by atoms with Crippen LogP contribution in [0.25, 0.3) is 0 Å². The van der Waals surface area contributed by atoms with Crippen LogP contribution >= 0.6 is 0 Å². The van der Waals surface area contributed by atoms with E-state index in [4.69, 9.17) is 0 Å². The molecule has 0 heterocycles. The van der Waals surface area contributed by atoms with Crippen LogP contribution in [0.5, 0.6) is 0 Å². The van der Waals surface area contributed by atoms with Crippen LogP contribution in [0.15, 0.2) is 0 Å². The Balaban J connectivity index is 1.82. The van der Waals surface area contributed by atoms with E-state index in [0.29, 0.717) is 5.78 Å². The molecule has 0 aromatic rings. The minimum atomic E-state index is -0.484. The van der Waals surface area contributed by atoms with Crippen LogP contribution in [0, 0.1) is 5.92 Å². The highest BCUT2D eigenvalue weighted by molar-refractivity contribution is 5.81. The molecule has 2 aliphatic rings. The van der Waals surface area contributed by atoms with E-state index in [0.717, 1.165) is 58.0 Å². The Bertz CT molecular complexity index is 284. The monoisotopic (exact) mass is 253 g/mol. The highest BCUT2D eigenvalue weighted by Crippen LogP contribution is 2.30. The minimum absolute atomic E-state index is 0.211. The molecular weight excluding hydrogens is 226 g/mol. The second-order valence-corrected chi connectivity index (χ2v) is 6.39. The molecule has 3 heteroatoms. The predicted molar refractivity (Wildman–Crippen MR) is 72.5 cm³/mol. The van der Waals surface area contributed by atoms with E-state index in [1.165, 1.54) is 12.8 Å².